The van der Waals surface area contributed by atoms with E-state index in [1.165, 1.54) is 12.1 Å². The lowest BCUT2D eigenvalue weighted by atomic mass is 10.2. The first-order valence-electron chi connectivity index (χ1n) is 5.40. The third kappa shape index (κ3) is 2.76. The lowest BCUT2D eigenvalue weighted by Gasteiger charge is -2.07. The third-order valence-electron chi connectivity index (χ3n) is 2.53. The van der Waals surface area contributed by atoms with Crippen LogP contribution in [0.5, 0.6) is 0 Å². The van der Waals surface area contributed by atoms with Crippen LogP contribution in [0.1, 0.15) is 15.9 Å². The van der Waals surface area contributed by atoms with Gasteiger partial charge in [-0.15, -0.1) is 0 Å². The van der Waals surface area contributed by atoms with Gasteiger partial charge >= 0.3 is 0 Å². The molecule has 0 unspecified atom stereocenters. The van der Waals surface area contributed by atoms with Crippen molar-refractivity contribution in [2.75, 3.05) is 5.32 Å². The third-order valence-corrected chi connectivity index (χ3v) is 3.42. The Balaban J connectivity index is 2.22. The van der Waals surface area contributed by atoms with Gasteiger partial charge in [0.1, 0.15) is 5.82 Å². The lowest BCUT2D eigenvalue weighted by Crippen LogP contribution is -2.13. The standard InChI is InChI=1S/C14H11BrFNO/c1-9-8-10(6-7-12(9)15)17-14(18)11-4-2-3-5-13(11)16/h2-8H,1H3,(H,17,18). The average Bonchev–Trinajstić information content (AvgIpc) is 2.34. The fourth-order valence-corrected chi connectivity index (χ4v) is 1.81. The highest BCUT2D eigenvalue weighted by atomic mass is 79.9. The van der Waals surface area contributed by atoms with E-state index in [2.05, 4.69) is 21.2 Å². The number of benzene rings is 2. The normalized spacial score (nSPS) is 10.2. The highest BCUT2D eigenvalue weighted by Gasteiger charge is 2.11. The second-order valence-electron chi connectivity index (χ2n) is 3.90. The van der Waals surface area contributed by atoms with Crippen LogP contribution in [0.2, 0.25) is 0 Å². The first-order valence-corrected chi connectivity index (χ1v) is 6.19. The summed E-state index contributed by atoms with van der Waals surface area (Å²) in [6, 6.07) is 11.3. The monoisotopic (exact) mass is 307 g/mol. The van der Waals surface area contributed by atoms with Gasteiger partial charge in [-0.2, -0.15) is 0 Å². The van der Waals surface area contributed by atoms with E-state index in [0.29, 0.717) is 5.69 Å². The molecule has 2 aromatic carbocycles. The second kappa shape index (κ2) is 5.31. The van der Waals surface area contributed by atoms with Crippen molar-refractivity contribution in [1.29, 1.82) is 0 Å². The molecule has 0 atom stereocenters. The topological polar surface area (TPSA) is 29.1 Å². The molecule has 4 heteroatoms. The van der Waals surface area contributed by atoms with E-state index in [9.17, 15) is 9.18 Å². The van der Waals surface area contributed by atoms with Gasteiger partial charge in [-0.25, -0.2) is 4.39 Å². The van der Waals surface area contributed by atoms with Crippen LogP contribution < -0.4 is 5.32 Å². The van der Waals surface area contributed by atoms with Gasteiger partial charge in [0.25, 0.3) is 5.91 Å². The van der Waals surface area contributed by atoms with E-state index in [1.54, 1.807) is 18.2 Å². The summed E-state index contributed by atoms with van der Waals surface area (Å²) in [5.41, 5.74) is 1.68. The predicted octanol–water partition coefficient (Wildman–Crippen LogP) is 4.15. The number of aryl methyl sites for hydroxylation is 1. The molecule has 0 bridgehead atoms. The highest BCUT2D eigenvalue weighted by Crippen LogP contribution is 2.20. The number of hydrogen-bond donors (Lipinski definition) is 1. The fraction of sp³-hybridized carbons (Fsp3) is 0.0714. The van der Waals surface area contributed by atoms with Crippen molar-refractivity contribution in [3.05, 3.63) is 63.9 Å². The molecule has 1 amide bonds. The van der Waals surface area contributed by atoms with Crippen LogP contribution in [-0.4, -0.2) is 5.91 Å². The summed E-state index contributed by atoms with van der Waals surface area (Å²) in [6.07, 6.45) is 0. The van der Waals surface area contributed by atoms with Gasteiger partial charge in [0.2, 0.25) is 0 Å². The van der Waals surface area contributed by atoms with Crippen LogP contribution in [0.15, 0.2) is 46.9 Å². The Morgan fingerprint density at radius 2 is 1.94 bits per heavy atom. The molecule has 0 heterocycles. The Hall–Kier alpha value is -1.68. The Labute approximate surface area is 113 Å². The zero-order valence-corrected chi connectivity index (χ0v) is 11.3. The number of carbonyl (C=O) groups excluding carboxylic acids is 1. The Kier molecular flexibility index (Phi) is 3.77. The molecule has 0 fully saturated rings. The molecule has 2 aromatic rings. The summed E-state index contributed by atoms with van der Waals surface area (Å²) in [6.45, 7) is 1.92. The van der Waals surface area contributed by atoms with Gasteiger partial charge in [-0.05, 0) is 42.8 Å². The molecule has 0 radical (unpaired) electrons. The predicted molar refractivity (Wildman–Crippen MR) is 73.2 cm³/mol. The molecule has 0 saturated carbocycles. The maximum absolute atomic E-state index is 13.4. The minimum absolute atomic E-state index is 0.0399. The quantitative estimate of drug-likeness (QED) is 0.887. The molecule has 0 aliphatic heterocycles. The number of nitrogens with one attached hydrogen (secondary N) is 1. The number of hydrogen-bond acceptors (Lipinski definition) is 1. The first-order chi connectivity index (χ1) is 8.58. The van der Waals surface area contributed by atoms with Crippen molar-refractivity contribution in [3.8, 4) is 0 Å². The summed E-state index contributed by atoms with van der Waals surface area (Å²) < 4.78 is 14.4. The molecule has 1 N–H and O–H groups in total. The number of amides is 1. The van der Waals surface area contributed by atoms with Crippen LogP contribution >= 0.6 is 15.9 Å². The zero-order valence-electron chi connectivity index (χ0n) is 9.71. The van der Waals surface area contributed by atoms with Crippen molar-refractivity contribution in [2.45, 2.75) is 6.92 Å². The van der Waals surface area contributed by atoms with Gasteiger partial charge < -0.3 is 5.32 Å². The van der Waals surface area contributed by atoms with Gasteiger partial charge in [0, 0.05) is 10.2 Å². The van der Waals surface area contributed by atoms with Crippen molar-refractivity contribution in [3.63, 3.8) is 0 Å². The van der Waals surface area contributed by atoms with Crippen LogP contribution in [0, 0.1) is 12.7 Å². The second-order valence-corrected chi connectivity index (χ2v) is 4.75. The van der Waals surface area contributed by atoms with Crippen molar-refractivity contribution in [1.82, 2.24) is 0 Å². The van der Waals surface area contributed by atoms with Crippen LogP contribution in [0.4, 0.5) is 10.1 Å². The molecular weight excluding hydrogens is 297 g/mol. The molecule has 2 rings (SSSR count). The van der Waals surface area contributed by atoms with E-state index < -0.39 is 11.7 Å². The summed E-state index contributed by atoms with van der Waals surface area (Å²) in [5.74, 6) is -0.973. The minimum atomic E-state index is -0.524. The fourth-order valence-electron chi connectivity index (χ4n) is 1.57. The average molecular weight is 308 g/mol. The Morgan fingerprint density at radius 3 is 2.61 bits per heavy atom. The van der Waals surface area contributed by atoms with Gasteiger partial charge in [0.15, 0.2) is 0 Å². The van der Waals surface area contributed by atoms with Gasteiger partial charge in [-0.3, -0.25) is 4.79 Å². The van der Waals surface area contributed by atoms with E-state index in [4.69, 9.17) is 0 Å². The van der Waals surface area contributed by atoms with Crippen molar-refractivity contribution < 1.29 is 9.18 Å². The van der Waals surface area contributed by atoms with Crippen LogP contribution in [0.3, 0.4) is 0 Å². The maximum Gasteiger partial charge on any atom is 0.258 e. The largest absolute Gasteiger partial charge is 0.322 e. The smallest absolute Gasteiger partial charge is 0.258 e. The van der Waals surface area contributed by atoms with Crippen LogP contribution in [-0.2, 0) is 0 Å². The molecule has 0 aromatic heterocycles. The first kappa shape index (κ1) is 12.8. The number of anilines is 1. The lowest BCUT2D eigenvalue weighted by molar-refractivity contribution is 0.102. The minimum Gasteiger partial charge on any atom is -0.322 e. The molecule has 0 saturated heterocycles. The molecular formula is C14H11BrFNO. The molecule has 0 aliphatic rings. The number of halogens is 2. The summed E-state index contributed by atoms with van der Waals surface area (Å²) >= 11 is 3.38. The Bertz CT molecular complexity index is 598. The summed E-state index contributed by atoms with van der Waals surface area (Å²) in [7, 11) is 0. The molecule has 0 spiro atoms. The Morgan fingerprint density at radius 1 is 1.22 bits per heavy atom. The zero-order chi connectivity index (χ0) is 13.1. The number of carbonyl (C=O) groups is 1. The van der Waals surface area contributed by atoms with E-state index in [-0.39, 0.29) is 5.56 Å². The van der Waals surface area contributed by atoms with Crippen molar-refractivity contribution >= 4 is 27.5 Å². The number of rotatable bonds is 2. The molecule has 0 aliphatic carbocycles. The SMILES string of the molecule is Cc1cc(NC(=O)c2ccccc2F)ccc1Br. The van der Waals surface area contributed by atoms with E-state index in [1.807, 2.05) is 19.1 Å². The molecule has 18 heavy (non-hydrogen) atoms. The van der Waals surface area contributed by atoms with Gasteiger partial charge in [-0.1, -0.05) is 28.1 Å². The van der Waals surface area contributed by atoms with Crippen LogP contribution in [0.25, 0.3) is 0 Å². The summed E-state index contributed by atoms with van der Waals surface area (Å²) in [4.78, 5) is 11.9. The highest BCUT2D eigenvalue weighted by molar-refractivity contribution is 9.10. The molecule has 92 valence electrons. The molecule has 2 nitrogen and oxygen atoms in total. The van der Waals surface area contributed by atoms with E-state index in [0.717, 1.165) is 10.0 Å². The van der Waals surface area contributed by atoms with Gasteiger partial charge in [0.05, 0.1) is 5.56 Å². The van der Waals surface area contributed by atoms with Crippen molar-refractivity contribution in [2.24, 2.45) is 0 Å². The maximum atomic E-state index is 13.4. The summed E-state index contributed by atoms with van der Waals surface area (Å²) in [5, 5.41) is 2.67. The van der Waals surface area contributed by atoms with E-state index >= 15 is 0 Å².